The van der Waals surface area contributed by atoms with Crippen LogP contribution < -0.4 is 0 Å². The number of carbonyl (C=O) groups is 2. The lowest BCUT2D eigenvalue weighted by Gasteiger charge is -2.48. The minimum atomic E-state index is -0.0237. The third-order valence-electron chi connectivity index (χ3n) is 6.01. The molecule has 0 radical (unpaired) electrons. The number of piperidine rings is 2. The molecule has 1 spiro atoms. The van der Waals surface area contributed by atoms with E-state index in [0.29, 0.717) is 32.5 Å². The molecule has 7 nitrogen and oxygen atoms in total. The average Bonchev–Trinajstić information content (AvgIpc) is 2.73. The number of amides is 2. The summed E-state index contributed by atoms with van der Waals surface area (Å²) < 4.78 is 0. The van der Waals surface area contributed by atoms with E-state index in [2.05, 4.69) is 15.0 Å². The predicted octanol–water partition coefficient (Wildman–Crippen LogP) is 2.15. The highest BCUT2D eigenvalue weighted by Crippen LogP contribution is 2.39. The number of pyridine rings is 1. The Kier molecular flexibility index (Phi) is 5.56. The fraction of sp³-hybridized carbons (Fsp3) is 0.500. The molecule has 1 atom stereocenters. The van der Waals surface area contributed by atoms with Gasteiger partial charge in [0.25, 0.3) is 0 Å². The Morgan fingerprint density at radius 2 is 2.00 bits per heavy atom. The lowest BCUT2D eigenvalue weighted by Crippen LogP contribution is -2.55. The third kappa shape index (κ3) is 4.60. The van der Waals surface area contributed by atoms with Crippen LogP contribution in [0.2, 0.25) is 0 Å². The largest absolute Gasteiger partial charge is 0.342 e. The summed E-state index contributed by atoms with van der Waals surface area (Å²) in [4.78, 5) is 42.2. The van der Waals surface area contributed by atoms with E-state index < -0.39 is 0 Å². The number of nitrogens with zero attached hydrogens (tertiary/aromatic N) is 5. The molecule has 2 aromatic heterocycles. The van der Waals surface area contributed by atoms with Crippen molar-refractivity contribution in [2.45, 2.75) is 45.6 Å². The standard InChI is InChI=1S/C22H27N5O2/c1-17-12-25-19(13-24-17)14-27-16-22(8-6-20(27)28)7-4-10-26(15-22)21(29)11-18-5-2-3-9-23-18/h2-3,5,9,12-13H,4,6-8,10-11,14-16H2,1H3/t22-/m1/s1. The molecule has 2 aromatic rings. The van der Waals surface area contributed by atoms with Crippen molar-refractivity contribution < 1.29 is 9.59 Å². The summed E-state index contributed by atoms with van der Waals surface area (Å²) in [6.07, 6.45) is 8.92. The number of aryl methyl sites for hydroxylation is 1. The van der Waals surface area contributed by atoms with Crippen molar-refractivity contribution >= 4 is 11.8 Å². The third-order valence-corrected chi connectivity index (χ3v) is 6.01. The van der Waals surface area contributed by atoms with Crippen LogP contribution in [0.15, 0.2) is 36.8 Å². The van der Waals surface area contributed by atoms with Crippen LogP contribution >= 0.6 is 0 Å². The molecule has 0 unspecified atom stereocenters. The molecule has 0 saturated carbocycles. The lowest BCUT2D eigenvalue weighted by molar-refractivity contribution is -0.143. The van der Waals surface area contributed by atoms with Gasteiger partial charge in [0.05, 0.1) is 30.6 Å². The fourth-order valence-electron chi connectivity index (χ4n) is 4.47. The van der Waals surface area contributed by atoms with Gasteiger partial charge >= 0.3 is 0 Å². The van der Waals surface area contributed by atoms with Gasteiger partial charge in [-0.05, 0) is 38.3 Å². The maximum Gasteiger partial charge on any atom is 0.228 e. The van der Waals surface area contributed by atoms with Crippen molar-refractivity contribution in [3.63, 3.8) is 0 Å². The van der Waals surface area contributed by atoms with Gasteiger partial charge in [-0.15, -0.1) is 0 Å². The molecule has 0 bridgehead atoms. The minimum Gasteiger partial charge on any atom is -0.342 e. The molecule has 2 aliphatic heterocycles. The van der Waals surface area contributed by atoms with Crippen molar-refractivity contribution in [1.29, 1.82) is 0 Å². The highest BCUT2D eigenvalue weighted by Gasteiger charge is 2.42. The Hall–Kier alpha value is -2.83. The lowest BCUT2D eigenvalue weighted by atomic mass is 9.73. The van der Waals surface area contributed by atoms with Gasteiger partial charge in [0.1, 0.15) is 0 Å². The van der Waals surface area contributed by atoms with E-state index >= 15 is 0 Å². The number of carbonyl (C=O) groups excluding carboxylic acids is 2. The molecular weight excluding hydrogens is 366 g/mol. The number of hydrogen-bond donors (Lipinski definition) is 0. The van der Waals surface area contributed by atoms with Gasteiger partial charge in [-0.25, -0.2) is 0 Å². The number of hydrogen-bond acceptors (Lipinski definition) is 5. The van der Waals surface area contributed by atoms with E-state index in [1.54, 1.807) is 18.6 Å². The van der Waals surface area contributed by atoms with Gasteiger partial charge in [-0.3, -0.25) is 24.5 Å². The van der Waals surface area contributed by atoms with Crippen molar-refractivity contribution in [1.82, 2.24) is 24.8 Å². The summed E-state index contributed by atoms with van der Waals surface area (Å²) in [5, 5.41) is 0. The topological polar surface area (TPSA) is 79.3 Å². The van der Waals surface area contributed by atoms with Gasteiger partial charge in [-0.2, -0.15) is 0 Å². The first-order valence-corrected chi connectivity index (χ1v) is 10.3. The Morgan fingerprint density at radius 1 is 1.10 bits per heavy atom. The van der Waals surface area contributed by atoms with Crippen molar-refractivity contribution in [3.05, 3.63) is 53.9 Å². The van der Waals surface area contributed by atoms with Crippen LogP contribution in [-0.4, -0.2) is 56.2 Å². The van der Waals surface area contributed by atoms with Gasteiger partial charge < -0.3 is 9.80 Å². The fourth-order valence-corrected chi connectivity index (χ4v) is 4.47. The second-order valence-electron chi connectivity index (χ2n) is 8.32. The molecule has 0 aliphatic carbocycles. The van der Waals surface area contributed by atoms with Crippen molar-refractivity contribution in [2.24, 2.45) is 5.41 Å². The van der Waals surface area contributed by atoms with Crippen LogP contribution in [0, 0.1) is 12.3 Å². The average molecular weight is 393 g/mol. The molecule has 152 valence electrons. The van der Waals surface area contributed by atoms with Gasteiger partial charge in [-0.1, -0.05) is 6.07 Å². The zero-order chi connectivity index (χ0) is 20.3. The first-order chi connectivity index (χ1) is 14.0. The molecule has 2 aliphatic rings. The summed E-state index contributed by atoms with van der Waals surface area (Å²) in [5.74, 6) is 0.283. The van der Waals surface area contributed by atoms with Crippen LogP contribution in [0.5, 0.6) is 0 Å². The monoisotopic (exact) mass is 393 g/mol. The Morgan fingerprint density at radius 3 is 2.76 bits per heavy atom. The zero-order valence-corrected chi connectivity index (χ0v) is 16.9. The molecule has 2 amide bonds. The van der Waals surface area contributed by atoms with Crippen LogP contribution in [0.25, 0.3) is 0 Å². The second-order valence-corrected chi connectivity index (χ2v) is 8.32. The van der Waals surface area contributed by atoms with E-state index in [1.165, 1.54) is 0 Å². The zero-order valence-electron chi connectivity index (χ0n) is 16.9. The molecule has 7 heteroatoms. The molecule has 0 aromatic carbocycles. The number of likely N-dealkylation sites (tertiary alicyclic amines) is 2. The first-order valence-electron chi connectivity index (χ1n) is 10.3. The second kappa shape index (κ2) is 8.27. The predicted molar refractivity (Wildman–Crippen MR) is 108 cm³/mol. The highest BCUT2D eigenvalue weighted by atomic mass is 16.2. The van der Waals surface area contributed by atoms with Gasteiger partial charge in [0.15, 0.2) is 0 Å². The number of rotatable bonds is 4. The maximum atomic E-state index is 12.8. The van der Waals surface area contributed by atoms with E-state index in [4.69, 9.17) is 0 Å². The van der Waals surface area contributed by atoms with Crippen LogP contribution in [0.4, 0.5) is 0 Å². The maximum absolute atomic E-state index is 12.8. The first kappa shape index (κ1) is 19.5. The minimum absolute atomic E-state index is 0.0237. The summed E-state index contributed by atoms with van der Waals surface area (Å²) in [5.41, 5.74) is 2.45. The van der Waals surface area contributed by atoms with E-state index in [0.717, 1.165) is 42.9 Å². The highest BCUT2D eigenvalue weighted by molar-refractivity contribution is 5.79. The summed E-state index contributed by atoms with van der Waals surface area (Å²) in [6, 6.07) is 5.66. The molecule has 29 heavy (non-hydrogen) atoms. The quantitative estimate of drug-likeness (QED) is 0.795. The molecular formula is C22H27N5O2. The van der Waals surface area contributed by atoms with E-state index in [-0.39, 0.29) is 17.2 Å². The Bertz CT molecular complexity index is 871. The summed E-state index contributed by atoms with van der Waals surface area (Å²) in [7, 11) is 0. The van der Waals surface area contributed by atoms with E-state index in [9.17, 15) is 9.59 Å². The summed E-state index contributed by atoms with van der Waals surface area (Å²) >= 11 is 0. The van der Waals surface area contributed by atoms with Crippen LogP contribution in [0.1, 0.15) is 42.8 Å². The smallest absolute Gasteiger partial charge is 0.228 e. The van der Waals surface area contributed by atoms with E-state index in [1.807, 2.05) is 34.9 Å². The number of aromatic nitrogens is 3. The van der Waals surface area contributed by atoms with Crippen molar-refractivity contribution in [3.8, 4) is 0 Å². The Labute approximate surface area is 171 Å². The molecule has 4 rings (SSSR count). The SMILES string of the molecule is Cc1cnc(CN2C[C@]3(CCCN(C(=O)Cc4ccccn4)C3)CCC2=O)cn1. The molecule has 4 heterocycles. The van der Waals surface area contributed by atoms with Gasteiger partial charge in [0.2, 0.25) is 11.8 Å². The van der Waals surface area contributed by atoms with Crippen LogP contribution in [-0.2, 0) is 22.6 Å². The van der Waals surface area contributed by atoms with Crippen LogP contribution in [0.3, 0.4) is 0 Å². The molecule has 0 N–H and O–H groups in total. The van der Waals surface area contributed by atoms with Crippen molar-refractivity contribution in [2.75, 3.05) is 19.6 Å². The van der Waals surface area contributed by atoms with Gasteiger partial charge in [0, 0.05) is 49.6 Å². The molecule has 2 saturated heterocycles. The molecule has 2 fully saturated rings. The summed E-state index contributed by atoms with van der Waals surface area (Å²) in [6.45, 7) is 4.55. The normalized spacial score (nSPS) is 22.2. The Balaban J connectivity index is 1.43.